The van der Waals surface area contributed by atoms with Gasteiger partial charge in [-0.15, -0.1) is 0 Å². The van der Waals surface area contributed by atoms with E-state index >= 15 is 0 Å². The SMILES string of the molecule is CCCCCCCCCCCCCCCCCCOC(=O)CC(O)CC(O)CC1CCC2(C=CC(=O)C=C2)O1. The van der Waals surface area contributed by atoms with Crippen molar-refractivity contribution in [2.45, 2.75) is 166 Å². The van der Waals surface area contributed by atoms with Crippen molar-refractivity contribution in [3.8, 4) is 0 Å². The summed E-state index contributed by atoms with van der Waals surface area (Å²) in [6.07, 6.45) is 27.6. The molecule has 0 radical (unpaired) electrons. The summed E-state index contributed by atoms with van der Waals surface area (Å²) in [6.45, 7) is 2.67. The number of esters is 1. The van der Waals surface area contributed by atoms with E-state index in [1.165, 1.54) is 102 Å². The molecule has 39 heavy (non-hydrogen) atoms. The van der Waals surface area contributed by atoms with Crippen molar-refractivity contribution in [2.24, 2.45) is 0 Å². The van der Waals surface area contributed by atoms with Gasteiger partial charge < -0.3 is 19.7 Å². The Labute approximate surface area is 237 Å². The van der Waals surface area contributed by atoms with Gasteiger partial charge in [-0.25, -0.2) is 0 Å². The molecule has 1 aliphatic heterocycles. The molecule has 3 atom stereocenters. The van der Waals surface area contributed by atoms with Crippen LogP contribution >= 0.6 is 0 Å². The van der Waals surface area contributed by atoms with Crippen LogP contribution in [0, 0.1) is 0 Å². The number of hydrogen-bond acceptors (Lipinski definition) is 6. The quantitative estimate of drug-likeness (QED) is 0.103. The summed E-state index contributed by atoms with van der Waals surface area (Å²) in [5.74, 6) is -0.452. The normalized spacial score (nSPS) is 19.6. The van der Waals surface area contributed by atoms with Gasteiger partial charge in [0.05, 0.1) is 31.3 Å². The van der Waals surface area contributed by atoms with Crippen LogP contribution in [0.25, 0.3) is 0 Å². The molecule has 6 heteroatoms. The van der Waals surface area contributed by atoms with E-state index in [1.807, 2.05) is 0 Å². The lowest BCUT2D eigenvalue weighted by Gasteiger charge is -2.25. The summed E-state index contributed by atoms with van der Waals surface area (Å²) in [5, 5.41) is 20.6. The largest absolute Gasteiger partial charge is 0.466 e. The Hall–Kier alpha value is -1.50. The van der Waals surface area contributed by atoms with Crippen LogP contribution in [0.3, 0.4) is 0 Å². The van der Waals surface area contributed by atoms with Crippen molar-refractivity contribution in [3.05, 3.63) is 24.3 Å². The summed E-state index contributed by atoms with van der Waals surface area (Å²) >= 11 is 0. The molecule has 6 nitrogen and oxygen atoms in total. The smallest absolute Gasteiger partial charge is 0.308 e. The molecule has 3 unspecified atom stereocenters. The van der Waals surface area contributed by atoms with Gasteiger partial charge in [-0.2, -0.15) is 0 Å². The van der Waals surface area contributed by atoms with Gasteiger partial charge in [-0.05, 0) is 56.4 Å². The van der Waals surface area contributed by atoms with Crippen molar-refractivity contribution in [3.63, 3.8) is 0 Å². The standard InChI is InChI=1S/C33H56O6/c1-2-3-4-5-6-7-8-9-10-11-12-13-14-15-16-17-24-38-32(37)27-30(36)25-29(35)26-31-20-23-33(39-31)21-18-28(34)19-22-33/h18-19,21-22,29-31,35-36H,2-17,20,23-27H2,1H3. The average Bonchev–Trinajstić information content (AvgIpc) is 3.29. The first kappa shape index (κ1) is 33.7. The number of ether oxygens (including phenoxy) is 2. The molecule has 224 valence electrons. The molecule has 0 aromatic heterocycles. The molecule has 0 aromatic carbocycles. The van der Waals surface area contributed by atoms with Crippen LogP contribution in [0.1, 0.15) is 142 Å². The molecule has 2 aliphatic rings. The fourth-order valence-electron chi connectivity index (χ4n) is 5.67. The van der Waals surface area contributed by atoms with Crippen LogP contribution in [0.2, 0.25) is 0 Å². The van der Waals surface area contributed by atoms with Gasteiger partial charge in [-0.3, -0.25) is 9.59 Å². The monoisotopic (exact) mass is 548 g/mol. The molecule has 0 bridgehead atoms. The van der Waals surface area contributed by atoms with E-state index in [0.717, 1.165) is 25.7 Å². The van der Waals surface area contributed by atoms with E-state index in [1.54, 1.807) is 12.2 Å². The lowest BCUT2D eigenvalue weighted by molar-refractivity contribution is -0.146. The third-order valence-corrected chi connectivity index (χ3v) is 8.04. The number of aliphatic hydroxyl groups excluding tert-OH is 2. The van der Waals surface area contributed by atoms with Crippen LogP contribution in [-0.4, -0.2) is 52.5 Å². The number of allylic oxidation sites excluding steroid dienone is 2. The van der Waals surface area contributed by atoms with Crippen molar-refractivity contribution in [1.29, 1.82) is 0 Å². The molecule has 1 fully saturated rings. The van der Waals surface area contributed by atoms with Crippen LogP contribution in [0.15, 0.2) is 24.3 Å². The van der Waals surface area contributed by atoms with E-state index in [-0.39, 0.29) is 24.7 Å². The third-order valence-electron chi connectivity index (χ3n) is 8.04. The molecule has 0 aromatic rings. The summed E-state index contributed by atoms with van der Waals surface area (Å²) < 4.78 is 11.3. The first-order valence-electron chi connectivity index (χ1n) is 16.0. The van der Waals surface area contributed by atoms with Gasteiger partial charge in [0.15, 0.2) is 5.78 Å². The van der Waals surface area contributed by atoms with Crippen molar-refractivity contribution in [1.82, 2.24) is 0 Å². The predicted octanol–water partition coefficient (Wildman–Crippen LogP) is 7.30. The highest BCUT2D eigenvalue weighted by Crippen LogP contribution is 2.36. The summed E-state index contributed by atoms with van der Waals surface area (Å²) in [4.78, 5) is 23.4. The van der Waals surface area contributed by atoms with Gasteiger partial charge in [0.1, 0.15) is 5.60 Å². The van der Waals surface area contributed by atoms with Crippen molar-refractivity contribution in [2.75, 3.05) is 6.61 Å². The zero-order valence-corrected chi connectivity index (χ0v) is 24.6. The second kappa shape index (κ2) is 20.4. The van der Waals surface area contributed by atoms with E-state index in [0.29, 0.717) is 13.0 Å². The predicted molar refractivity (Wildman–Crippen MR) is 156 cm³/mol. The number of rotatable bonds is 23. The van der Waals surface area contributed by atoms with E-state index < -0.39 is 23.8 Å². The van der Waals surface area contributed by atoms with Crippen molar-refractivity contribution >= 4 is 11.8 Å². The Morgan fingerprint density at radius 2 is 1.38 bits per heavy atom. The molecule has 0 saturated carbocycles. The van der Waals surface area contributed by atoms with E-state index in [2.05, 4.69) is 6.92 Å². The Morgan fingerprint density at radius 1 is 0.872 bits per heavy atom. The Bertz CT molecular complexity index is 714. The van der Waals surface area contributed by atoms with Crippen LogP contribution in [-0.2, 0) is 19.1 Å². The zero-order chi connectivity index (χ0) is 28.2. The Kier molecular flexibility index (Phi) is 17.6. The maximum Gasteiger partial charge on any atom is 0.308 e. The molecule has 1 aliphatic carbocycles. The van der Waals surface area contributed by atoms with Gasteiger partial charge in [0.2, 0.25) is 0 Å². The van der Waals surface area contributed by atoms with E-state index in [9.17, 15) is 19.8 Å². The fourth-order valence-corrected chi connectivity index (χ4v) is 5.67. The summed E-state index contributed by atoms with van der Waals surface area (Å²) in [5.41, 5.74) is -0.548. The Morgan fingerprint density at radius 3 is 1.92 bits per heavy atom. The molecule has 1 saturated heterocycles. The number of carbonyl (C=O) groups excluding carboxylic acids is 2. The molecule has 1 spiro atoms. The van der Waals surface area contributed by atoms with Gasteiger partial charge in [0, 0.05) is 0 Å². The fraction of sp³-hybridized carbons (Fsp3) is 0.818. The number of hydrogen-bond donors (Lipinski definition) is 2. The first-order valence-corrected chi connectivity index (χ1v) is 16.0. The van der Waals surface area contributed by atoms with Gasteiger partial charge >= 0.3 is 5.97 Å². The lowest BCUT2D eigenvalue weighted by atomic mass is 9.94. The summed E-state index contributed by atoms with van der Waals surface area (Å²) in [6, 6.07) is 0. The van der Waals surface area contributed by atoms with Gasteiger partial charge in [0.25, 0.3) is 0 Å². The molecule has 2 rings (SSSR count). The number of ketones is 1. The minimum absolute atomic E-state index is 0.0440. The average molecular weight is 549 g/mol. The topological polar surface area (TPSA) is 93.1 Å². The highest BCUT2D eigenvalue weighted by molar-refractivity contribution is 6.00. The number of unbranched alkanes of at least 4 members (excludes halogenated alkanes) is 15. The number of carbonyl (C=O) groups is 2. The van der Waals surface area contributed by atoms with Crippen molar-refractivity contribution < 1.29 is 29.3 Å². The maximum atomic E-state index is 12.0. The number of aliphatic hydroxyl groups is 2. The molecule has 2 N–H and O–H groups in total. The van der Waals surface area contributed by atoms with Crippen LogP contribution < -0.4 is 0 Å². The maximum absolute atomic E-state index is 12.0. The second-order valence-electron chi connectivity index (χ2n) is 11.8. The molecule has 1 heterocycles. The Balaban J connectivity index is 1.36. The minimum Gasteiger partial charge on any atom is -0.466 e. The lowest BCUT2D eigenvalue weighted by Crippen LogP contribution is -2.29. The van der Waals surface area contributed by atoms with Crippen LogP contribution in [0.5, 0.6) is 0 Å². The van der Waals surface area contributed by atoms with E-state index in [4.69, 9.17) is 9.47 Å². The zero-order valence-electron chi connectivity index (χ0n) is 24.6. The van der Waals surface area contributed by atoms with Gasteiger partial charge in [-0.1, -0.05) is 103 Å². The highest BCUT2D eigenvalue weighted by Gasteiger charge is 2.38. The second-order valence-corrected chi connectivity index (χ2v) is 11.8. The molecular formula is C33H56O6. The third kappa shape index (κ3) is 15.8. The molecular weight excluding hydrogens is 492 g/mol. The first-order chi connectivity index (χ1) is 18.9. The van der Waals surface area contributed by atoms with Crippen LogP contribution in [0.4, 0.5) is 0 Å². The molecule has 0 amide bonds. The minimum atomic E-state index is -0.930. The highest BCUT2D eigenvalue weighted by atomic mass is 16.5. The summed E-state index contributed by atoms with van der Waals surface area (Å²) in [7, 11) is 0.